The fourth-order valence-corrected chi connectivity index (χ4v) is 2.22. The van der Waals surface area contributed by atoms with Gasteiger partial charge in [-0.25, -0.2) is 8.78 Å². The van der Waals surface area contributed by atoms with E-state index in [2.05, 4.69) is 10.1 Å². The maximum absolute atomic E-state index is 12.6. The second-order valence-corrected chi connectivity index (χ2v) is 5.16. The molecule has 132 valence electrons. The van der Waals surface area contributed by atoms with Crippen LogP contribution in [0.5, 0.6) is 11.5 Å². The molecule has 1 aromatic carbocycles. The predicted molar refractivity (Wildman–Crippen MR) is 75.9 cm³/mol. The molecule has 0 saturated heterocycles. The third-order valence-corrected chi connectivity index (χ3v) is 3.32. The molecule has 1 saturated carbocycles. The molecule has 23 heavy (non-hydrogen) atoms. The van der Waals surface area contributed by atoms with Crippen molar-refractivity contribution >= 4 is 0 Å². The molecule has 1 aromatic rings. The van der Waals surface area contributed by atoms with E-state index in [1.807, 2.05) is 0 Å². The average Bonchev–Trinajstić information content (AvgIpc) is 2.45. The molecular weight excluding hydrogens is 321 g/mol. The van der Waals surface area contributed by atoms with Crippen molar-refractivity contribution in [1.82, 2.24) is 5.32 Å². The Morgan fingerprint density at radius 3 is 2.35 bits per heavy atom. The zero-order chi connectivity index (χ0) is 17.5. The summed E-state index contributed by atoms with van der Waals surface area (Å²) in [7, 11) is 3.11. The van der Waals surface area contributed by atoms with Crippen LogP contribution in [-0.2, 0) is 0 Å². The maximum atomic E-state index is 12.6. The highest BCUT2D eigenvalue weighted by Gasteiger charge is 2.35. The van der Waals surface area contributed by atoms with Crippen molar-refractivity contribution in [2.75, 3.05) is 14.2 Å². The van der Waals surface area contributed by atoms with Crippen molar-refractivity contribution in [3.8, 4) is 11.5 Å². The molecule has 1 fully saturated rings. The normalized spacial score (nSPS) is 20.2. The second-order valence-electron chi connectivity index (χ2n) is 5.16. The lowest BCUT2D eigenvalue weighted by atomic mass is 9.92. The maximum Gasteiger partial charge on any atom is 0.573 e. The van der Waals surface area contributed by atoms with Crippen LogP contribution in [0.2, 0.25) is 0 Å². The van der Waals surface area contributed by atoms with Crippen molar-refractivity contribution in [3.05, 3.63) is 24.3 Å². The minimum atomic E-state index is -4.66. The minimum Gasteiger partial charge on any atom is -0.497 e. The van der Waals surface area contributed by atoms with Gasteiger partial charge in [0.15, 0.2) is 0 Å². The van der Waals surface area contributed by atoms with Gasteiger partial charge < -0.3 is 14.8 Å². The van der Waals surface area contributed by atoms with E-state index in [-0.39, 0.29) is 24.6 Å². The third kappa shape index (κ3) is 8.01. The fourth-order valence-electron chi connectivity index (χ4n) is 2.22. The van der Waals surface area contributed by atoms with Gasteiger partial charge in [0.1, 0.15) is 11.5 Å². The molecule has 0 aliphatic heterocycles. The topological polar surface area (TPSA) is 30.5 Å². The highest BCUT2D eigenvalue weighted by atomic mass is 19.4. The summed E-state index contributed by atoms with van der Waals surface area (Å²) in [6, 6.07) is 5.34. The van der Waals surface area contributed by atoms with E-state index in [1.54, 1.807) is 7.05 Å². The van der Waals surface area contributed by atoms with Gasteiger partial charge in [0.25, 0.3) is 0 Å². The highest BCUT2D eigenvalue weighted by Crippen LogP contribution is 2.32. The molecule has 3 nitrogen and oxygen atoms in total. The molecule has 0 heterocycles. The van der Waals surface area contributed by atoms with Gasteiger partial charge in [-0.05, 0) is 32.0 Å². The molecule has 1 unspecified atom stereocenters. The second kappa shape index (κ2) is 8.33. The SMILES string of the molecule is CNC1CCCC(F)(F)C1.COc1cccc(OC(F)(F)F)c1. The van der Waals surface area contributed by atoms with Gasteiger partial charge in [-0.15, -0.1) is 13.2 Å². The van der Waals surface area contributed by atoms with Gasteiger partial charge in [-0.1, -0.05) is 6.07 Å². The van der Waals surface area contributed by atoms with Crippen molar-refractivity contribution < 1.29 is 31.4 Å². The molecule has 0 amide bonds. The highest BCUT2D eigenvalue weighted by molar-refractivity contribution is 5.32. The summed E-state index contributed by atoms with van der Waals surface area (Å²) in [5.74, 6) is -2.38. The number of hydrogen-bond acceptors (Lipinski definition) is 3. The van der Waals surface area contributed by atoms with Crippen LogP contribution in [0.25, 0.3) is 0 Å². The summed E-state index contributed by atoms with van der Waals surface area (Å²) >= 11 is 0. The number of nitrogens with one attached hydrogen (secondary N) is 1. The Hall–Kier alpha value is -1.57. The van der Waals surface area contributed by atoms with Crippen LogP contribution in [0.1, 0.15) is 25.7 Å². The molecule has 8 heteroatoms. The lowest BCUT2D eigenvalue weighted by Gasteiger charge is -2.28. The van der Waals surface area contributed by atoms with Crippen molar-refractivity contribution in [2.24, 2.45) is 0 Å². The number of ether oxygens (including phenoxy) is 2. The van der Waals surface area contributed by atoms with E-state index in [9.17, 15) is 22.0 Å². The largest absolute Gasteiger partial charge is 0.573 e. The Morgan fingerprint density at radius 1 is 1.22 bits per heavy atom. The van der Waals surface area contributed by atoms with Gasteiger partial charge in [0.05, 0.1) is 7.11 Å². The Kier molecular flexibility index (Phi) is 7.05. The summed E-state index contributed by atoms with van der Waals surface area (Å²) < 4.78 is 68.7. The molecule has 1 N–H and O–H groups in total. The molecule has 1 aliphatic carbocycles. The van der Waals surface area contributed by atoms with Crippen LogP contribution >= 0.6 is 0 Å². The summed E-state index contributed by atoms with van der Waals surface area (Å²) in [5, 5.41) is 2.88. The van der Waals surface area contributed by atoms with Crippen molar-refractivity contribution in [1.29, 1.82) is 0 Å². The first-order valence-corrected chi connectivity index (χ1v) is 7.10. The van der Waals surface area contributed by atoms with Crippen molar-refractivity contribution in [2.45, 2.75) is 44.0 Å². The molecular formula is C15H20F5NO2. The number of alkyl halides is 5. The Balaban J connectivity index is 0.000000238. The fraction of sp³-hybridized carbons (Fsp3) is 0.600. The van der Waals surface area contributed by atoms with E-state index >= 15 is 0 Å². The monoisotopic (exact) mass is 341 g/mol. The van der Waals surface area contributed by atoms with Crippen molar-refractivity contribution in [3.63, 3.8) is 0 Å². The van der Waals surface area contributed by atoms with Crippen LogP contribution in [0, 0.1) is 0 Å². The summed E-state index contributed by atoms with van der Waals surface area (Å²) in [6.45, 7) is 0. The first-order valence-electron chi connectivity index (χ1n) is 7.10. The van der Waals surface area contributed by atoms with Gasteiger partial charge in [-0.3, -0.25) is 0 Å². The Bertz CT molecular complexity index is 479. The summed E-state index contributed by atoms with van der Waals surface area (Å²) in [4.78, 5) is 0. The molecule has 0 aromatic heterocycles. The van der Waals surface area contributed by atoms with Crippen LogP contribution in [-0.4, -0.2) is 32.5 Å². The smallest absolute Gasteiger partial charge is 0.497 e. The van der Waals surface area contributed by atoms with Crippen LogP contribution in [0.15, 0.2) is 24.3 Å². The van der Waals surface area contributed by atoms with E-state index in [0.29, 0.717) is 12.2 Å². The van der Waals surface area contributed by atoms with E-state index in [1.165, 1.54) is 25.3 Å². The van der Waals surface area contributed by atoms with Gasteiger partial charge in [0.2, 0.25) is 5.92 Å². The standard InChI is InChI=1S/C8H7F3O2.C7H13F2N/c1-12-6-3-2-4-7(5-6)13-8(9,10)11;1-10-6-3-2-4-7(8,9)5-6/h2-5H,1H3;6,10H,2-5H2,1H3. The first kappa shape index (κ1) is 19.5. The number of halogens is 5. The summed E-state index contributed by atoms with van der Waals surface area (Å²) in [6.07, 6.45) is -3.02. The molecule has 1 atom stereocenters. The van der Waals surface area contributed by atoms with Gasteiger partial charge in [0, 0.05) is 24.9 Å². The summed E-state index contributed by atoms with van der Waals surface area (Å²) in [5.41, 5.74) is 0. The van der Waals surface area contributed by atoms with Gasteiger partial charge in [-0.2, -0.15) is 0 Å². The van der Waals surface area contributed by atoms with Crippen LogP contribution in [0.3, 0.4) is 0 Å². The number of rotatable bonds is 3. The first-order chi connectivity index (χ1) is 10.6. The molecule has 1 aliphatic rings. The lowest BCUT2D eigenvalue weighted by Crippen LogP contribution is -2.37. The predicted octanol–water partition coefficient (Wildman–Crippen LogP) is 4.38. The Labute approximate surface area is 131 Å². The van der Waals surface area contributed by atoms with Gasteiger partial charge >= 0.3 is 6.36 Å². The minimum absolute atomic E-state index is 0.0174. The lowest BCUT2D eigenvalue weighted by molar-refractivity contribution is -0.274. The number of methoxy groups -OCH3 is 1. The zero-order valence-corrected chi connectivity index (χ0v) is 12.9. The Morgan fingerprint density at radius 2 is 1.87 bits per heavy atom. The average molecular weight is 341 g/mol. The third-order valence-electron chi connectivity index (χ3n) is 3.32. The zero-order valence-electron chi connectivity index (χ0n) is 12.9. The molecule has 2 rings (SSSR count). The van der Waals surface area contributed by atoms with E-state index < -0.39 is 12.3 Å². The molecule has 0 bridgehead atoms. The quantitative estimate of drug-likeness (QED) is 0.828. The van der Waals surface area contributed by atoms with Crippen LogP contribution < -0.4 is 14.8 Å². The van der Waals surface area contributed by atoms with E-state index in [4.69, 9.17) is 4.74 Å². The number of benzene rings is 1. The van der Waals surface area contributed by atoms with Crippen LogP contribution in [0.4, 0.5) is 22.0 Å². The number of hydrogen-bond donors (Lipinski definition) is 1. The molecule has 0 radical (unpaired) electrons. The molecule has 0 spiro atoms. The van der Waals surface area contributed by atoms with E-state index in [0.717, 1.165) is 12.5 Å².